The molecule has 0 aliphatic carbocycles. The standard InChI is InChI=1S/C6H5FN4/c7-6-5(4-10-11-8)2-1-3-9-6/h1-3H,4H2. The summed E-state index contributed by atoms with van der Waals surface area (Å²) in [6, 6.07) is 3.11. The maximum Gasteiger partial charge on any atom is 0.216 e. The van der Waals surface area contributed by atoms with Crippen LogP contribution in [0, 0.1) is 5.95 Å². The van der Waals surface area contributed by atoms with E-state index in [4.69, 9.17) is 5.53 Å². The highest BCUT2D eigenvalue weighted by Crippen LogP contribution is 2.03. The third kappa shape index (κ3) is 1.91. The van der Waals surface area contributed by atoms with Gasteiger partial charge in [0.25, 0.3) is 0 Å². The van der Waals surface area contributed by atoms with Crippen molar-refractivity contribution >= 4 is 0 Å². The Morgan fingerprint density at radius 1 is 1.73 bits per heavy atom. The van der Waals surface area contributed by atoms with Gasteiger partial charge in [-0.1, -0.05) is 11.2 Å². The van der Waals surface area contributed by atoms with Crippen molar-refractivity contribution in [1.82, 2.24) is 4.98 Å². The van der Waals surface area contributed by atoms with Crippen LogP contribution in [0.1, 0.15) is 5.56 Å². The van der Waals surface area contributed by atoms with Crippen molar-refractivity contribution in [3.05, 3.63) is 40.3 Å². The van der Waals surface area contributed by atoms with E-state index in [0.717, 1.165) is 0 Å². The molecular weight excluding hydrogens is 147 g/mol. The normalized spacial score (nSPS) is 8.82. The number of hydrogen-bond donors (Lipinski definition) is 0. The maximum atomic E-state index is 12.6. The fourth-order valence-corrected chi connectivity index (χ4v) is 0.645. The Balaban J connectivity index is 2.85. The van der Waals surface area contributed by atoms with Crippen LogP contribution >= 0.6 is 0 Å². The predicted molar refractivity (Wildman–Crippen MR) is 37.0 cm³/mol. The second-order valence-electron chi connectivity index (χ2n) is 1.84. The molecule has 11 heavy (non-hydrogen) atoms. The van der Waals surface area contributed by atoms with Gasteiger partial charge in [0.05, 0.1) is 6.54 Å². The molecule has 0 unspecified atom stereocenters. The van der Waals surface area contributed by atoms with Crippen LogP contribution in [0.5, 0.6) is 0 Å². The van der Waals surface area contributed by atoms with E-state index < -0.39 is 5.95 Å². The Morgan fingerprint density at radius 2 is 2.55 bits per heavy atom. The Kier molecular flexibility index (Phi) is 2.41. The van der Waals surface area contributed by atoms with Gasteiger partial charge in [-0.15, -0.1) is 0 Å². The molecule has 0 radical (unpaired) electrons. The van der Waals surface area contributed by atoms with E-state index in [1.165, 1.54) is 12.3 Å². The van der Waals surface area contributed by atoms with Crippen molar-refractivity contribution in [2.24, 2.45) is 5.11 Å². The summed E-state index contributed by atoms with van der Waals surface area (Å²) in [5.41, 5.74) is 8.24. The van der Waals surface area contributed by atoms with Crippen molar-refractivity contribution in [3.63, 3.8) is 0 Å². The maximum absolute atomic E-state index is 12.6. The fourth-order valence-electron chi connectivity index (χ4n) is 0.645. The molecule has 0 bridgehead atoms. The smallest absolute Gasteiger partial charge is 0.216 e. The second-order valence-corrected chi connectivity index (χ2v) is 1.84. The zero-order valence-corrected chi connectivity index (χ0v) is 5.61. The van der Waals surface area contributed by atoms with E-state index >= 15 is 0 Å². The molecule has 1 heterocycles. The number of halogens is 1. The van der Waals surface area contributed by atoms with Gasteiger partial charge in [0.15, 0.2) is 0 Å². The van der Waals surface area contributed by atoms with Gasteiger partial charge in [0.2, 0.25) is 5.95 Å². The minimum Gasteiger partial charge on any atom is -0.228 e. The number of nitrogens with zero attached hydrogens (tertiary/aromatic N) is 4. The van der Waals surface area contributed by atoms with Crippen LogP contribution in [-0.4, -0.2) is 4.98 Å². The lowest BCUT2D eigenvalue weighted by molar-refractivity contribution is 0.567. The van der Waals surface area contributed by atoms with Gasteiger partial charge in [0, 0.05) is 16.7 Å². The van der Waals surface area contributed by atoms with E-state index in [1.807, 2.05) is 0 Å². The van der Waals surface area contributed by atoms with Crippen molar-refractivity contribution < 1.29 is 4.39 Å². The molecule has 0 fully saturated rings. The number of pyridine rings is 1. The summed E-state index contributed by atoms with van der Waals surface area (Å²) in [4.78, 5) is 5.88. The number of hydrogen-bond acceptors (Lipinski definition) is 2. The van der Waals surface area contributed by atoms with Crippen LogP contribution in [0.15, 0.2) is 23.4 Å². The lowest BCUT2D eigenvalue weighted by Gasteiger charge is -1.93. The summed E-state index contributed by atoms with van der Waals surface area (Å²) in [6.45, 7) is 0.0101. The highest BCUT2D eigenvalue weighted by molar-refractivity contribution is 5.10. The van der Waals surface area contributed by atoms with E-state index in [0.29, 0.717) is 5.56 Å². The summed E-state index contributed by atoms with van der Waals surface area (Å²) >= 11 is 0. The molecule has 0 N–H and O–H groups in total. The Hall–Kier alpha value is -1.61. The van der Waals surface area contributed by atoms with E-state index in [2.05, 4.69) is 15.0 Å². The van der Waals surface area contributed by atoms with Gasteiger partial charge in [-0.25, -0.2) is 4.98 Å². The molecule has 0 amide bonds. The molecule has 0 aromatic carbocycles. The number of rotatable bonds is 2. The zero-order valence-electron chi connectivity index (χ0n) is 5.61. The van der Waals surface area contributed by atoms with Crippen LogP contribution < -0.4 is 0 Å². The first kappa shape index (κ1) is 7.50. The molecule has 1 aromatic rings. The first-order valence-corrected chi connectivity index (χ1v) is 2.95. The van der Waals surface area contributed by atoms with Crippen molar-refractivity contribution in [3.8, 4) is 0 Å². The summed E-state index contributed by atoms with van der Waals surface area (Å²) < 4.78 is 12.6. The van der Waals surface area contributed by atoms with Gasteiger partial charge >= 0.3 is 0 Å². The Labute approximate surface area is 62.3 Å². The summed E-state index contributed by atoms with van der Waals surface area (Å²) in [7, 11) is 0. The second kappa shape index (κ2) is 3.53. The number of azide groups is 1. The van der Waals surface area contributed by atoms with Gasteiger partial charge < -0.3 is 0 Å². The lowest BCUT2D eigenvalue weighted by atomic mass is 10.3. The molecule has 56 valence electrons. The van der Waals surface area contributed by atoms with Crippen molar-refractivity contribution in [2.45, 2.75) is 6.54 Å². The first-order chi connectivity index (χ1) is 5.34. The monoisotopic (exact) mass is 152 g/mol. The average molecular weight is 152 g/mol. The SMILES string of the molecule is [N-]=[N+]=NCc1cccnc1F. The van der Waals surface area contributed by atoms with Crippen LogP contribution in [-0.2, 0) is 6.54 Å². The highest BCUT2D eigenvalue weighted by atomic mass is 19.1. The number of aromatic nitrogens is 1. The lowest BCUT2D eigenvalue weighted by Crippen LogP contribution is -1.89. The van der Waals surface area contributed by atoms with E-state index in [1.54, 1.807) is 6.07 Å². The van der Waals surface area contributed by atoms with E-state index in [9.17, 15) is 4.39 Å². The molecule has 4 nitrogen and oxygen atoms in total. The third-order valence-corrected chi connectivity index (χ3v) is 1.14. The molecule has 0 spiro atoms. The van der Waals surface area contributed by atoms with Gasteiger partial charge in [-0.3, -0.25) is 0 Å². The van der Waals surface area contributed by atoms with Crippen LogP contribution in [0.25, 0.3) is 10.4 Å². The largest absolute Gasteiger partial charge is 0.228 e. The molecule has 0 saturated carbocycles. The third-order valence-electron chi connectivity index (χ3n) is 1.14. The van der Waals surface area contributed by atoms with Gasteiger partial charge in [-0.05, 0) is 11.6 Å². The molecule has 0 aliphatic rings. The zero-order chi connectivity index (χ0) is 8.10. The molecule has 5 heteroatoms. The van der Waals surface area contributed by atoms with Crippen molar-refractivity contribution in [1.29, 1.82) is 0 Å². The van der Waals surface area contributed by atoms with Crippen LogP contribution in [0.4, 0.5) is 4.39 Å². The van der Waals surface area contributed by atoms with Crippen molar-refractivity contribution in [2.75, 3.05) is 0 Å². The fraction of sp³-hybridized carbons (Fsp3) is 0.167. The molecule has 1 rings (SSSR count). The van der Waals surface area contributed by atoms with Gasteiger partial charge in [0.1, 0.15) is 0 Å². The minimum atomic E-state index is -0.583. The van der Waals surface area contributed by atoms with E-state index in [-0.39, 0.29) is 6.54 Å². The quantitative estimate of drug-likeness (QED) is 0.277. The first-order valence-electron chi connectivity index (χ1n) is 2.95. The van der Waals surface area contributed by atoms with Gasteiger partial charge in [-0.2, -0.15) is 4.39 Å². The highest BCUT2D eigenvalue weighted by Gasteiger charge is 1.98. The molecule has 0 saturated heterocycles. The summed E-state index contributed by atoms with van der Waals surface area (Å²) in [6.07, 6.45) is 1.34. The molecular formula is C6H5FN4. The summed E-state index contributed by atoms with van der Waals surface area (Å²) in [5.74, 6) is -0.583. The molecule has 0 atom stereocenters. The molecule has 0 aliphatic heterocycles. The Morgan fingerprint density at radius 3 is 3.18 bits per heavy atom. The topological polar surface area (TPSA) is 61.7 Å². The van der Waals surface area contributed by atoms with Crippen LogP contribution in [0.3, 0.4) is 0 Å². The minimum absolute atomic E-state index is 0.0101. The Bertz CT molecular complexity index is 292. The average Bonchev–Trinajstić information content (AvgIpc) is 2.03. The summed E-state index contributed by atoms with van der Waals surface area (Å²) in [5, 5.41) is 3.20. The van der Waals surface area contributed by atoms with Crippen LogP contribution in [0.2, 0.25) is 0 Å². The molecule has 1 aromatic heterocycles. The predicted octanol–water partition coefficient (Wildman–Crippen LogP) is 2.03.